The van der Waals surface area contributed by atoms with Crippen molar-refractivity contribution in [1.29, 1.82) is 0 Å². The van der Waals surface area contributed by atoms with Crippen molar-refractivity contribution in [1.82, 2.24) is 19.8 Å². The number of aromatic nitrogens is 2. The second kappa shape index (κ2) is 9.92. The second-order valence-corrected chi connectivity index (χ2v) is 7.95. The quantitative estimate of drug-likeness (QED) is 0.508. The molecule has 1 fully saturated rings. The molecule has 1 N–H and O–H groups in total. The van der Waals surface area contributed by atoms with Gasteiger partial charge in [-0.3, -0.25) is 4.79 Å². The molecule has 31 heavy (non-hydrogen) atoms. The van der Waals surface area contributed by atoms with E-state index in [9.17, 15) is 9.18 Å². The van der Waals surface area contributed by atoms with Gasteiger partial charge in [0.1, 0.15) is 24.0 Å². The van der Waals surface area contributed by atoms with Crippen LogP contribution in [0.4, 0.5) is 4.39 Å². The van der Waals surface area contributed by atoms with Gasteiger partial charge >= 0.3 is 0 Å². The van der Waals surface area contributed by atoms with Crippen molar-refractivity contribution in [2.45, 2.75) is 31.7 Å². The molecular formula is C24H29FN4O2. The molecule has 1 aliphatic rings. The number of halogens is 1. The number of hydrogen-bond acceptors (Lipinski definition) is 4. The van der Waals surface area contributed by atoms with Crippen LogP contribution < -0.4 is 10.1 Å². The van der Waals surface area contributed by atoms with Crippen LogP contribution in [-0.2, 0) is 18.3 Å². The van der Waals surface area contributed by atoms with E-state index in [0.717, 1.165) is 42.7 Å². The third kappa shape index (κ3) is 5.22. The Morgan fingerprint density at radius 1 is 1.16 bits per heavy atom. The van der Waals surface area contributed by atoms with E-state index in [2.05, 4.69) is 16.0 Å². The van der Waals surface area contributed by atoms with Crippen LogP contribution in [0.1, 0.15) is 25.1 Å². The lowest BCUT2D eigenvalue weighted by molar-refractivity contribution is -0.129. The summed E-state index contributed by atoms with van der Waals surface area (Å²) in [5, 5.41) is 3.38. The summed E-state index contributed by atoms with van der Waals surface area (Å²) in [4.78, 5) is 19.2. The fourth-order valence-corrected chi connectivity index (χ4v) is 4.21. The Bertz CT molecular complexity index is 1020. The van der Waals surface area contributed by atoms with Crippen LogP contribution in [0.3, 0.4) is 0 Å². The van der Waals surface area contributed by atoms with Gasteiger partial charge in [-0.2, -0.15) is 0 Å². The van der Waals surface area contributed by atoms with Crippen molar-refractivity contribution < 1.29 is 13.9 Å². The van der Waals surface area contributed by atoms with Crippen molar-refractivity contribution in [3.8, 4) is 5.75 Å². The molecule has 2 heterocycles. The Balaban J connectivity index is 1.20. The van der Waals surface area contributed by atoms with Crippen LogP contribution in [0.5, 0.6) is 5.75 Å². The van der Waals surface area contributed by atoms with Crippen molar-refractivity contribution in [2.75, 3.05) is 26.2 Å². The number of hydrogen-bond donors (Lipinski definition) is 1. The Morgan fingerprint density at radius 2 is 1.97 bits per heavy atom. The lowest BCUT2D eigenvalue weighted by atomic mass is 10.1. The number of nitrogens with zero attached hydrogens (tertiary/aromatic N) is 3. The van der Waals surface area contributed by atoms with Crippen LogP contribution >= 0.6 is 0 Å². The number of para-hydroxylation sites is 2. The van der Waals surface area contributed by atoms with Gasteiger partial charge in [-0.1, -0.05) is 12.1 Å². The molecule has 1 saturated heterocycles. The van der Waals surface area contributed by atoms with Crippen LogP contribution in [0.2, 0.25) is 0 Å². The number of benzene rings is 2. The van der Waals surface area contributed by atoms with E-state index in [1.54, 1.807) is 12.1 Å². The average Bonchev–Trinajstić information content (AvgIpc) is 3.29. The minimum absolute atomic E-state index is 0.239. The zero-order valence-corrected chi connectivity index (χ0v) is 17.9. The van der Waals surface area contributed by atoms with E-state index in [1.807, 2.05) is 30.1 Å². The third-order valence-corrected chi connectivity index (χ3v) is 5.92. The molecule has 1 amide bonds. The van der Waals surface area contributed by atoms with E-state index < -0.39 is 0 Å². The highest BCUT2D eigenvalue weighted by atomic mass is 19.1. The lowest BCUT2D eigenvalue weighted by Crippen LogP contribution is -2.37. The van der Waals surface area contributed by atoms with Crippen LogP contribution in [0, 0.1) is 5.82 Å². The number of carbonyl (C=O) groups is 1. The maximum atomic E-state index is 12.9. The van der Waals surface area contributed by atoms with Gasteiger partial charge in [-0.05, 0) is 55.8 Å². The Labute approximate surface area is 182 Å². The molecule has 1 atom stereocenters. The highest BCUT2D eigenvalue weighted by Crippen LogP contribution is 2.22. The zero-order chi connectivity index (χ0) is 21.6. The first-order chi connectivity index (χ1) is 15.1. The van der Waals surface area contributed by atoms with E-state index in [0.29, 0.717) is 31.9 Å². The van der Waals surface area contributed by atoms with Crippen molar-refractivity contribution in [3.63, 3.8) is 0 Å². The standard InChI is InChI=1S/C24H29FN4O2/c1-28-22-5-3-2-4-21(22)27-23(28)13-16-29-19(8-11-24(29)30)12-14-26-15-17-31-20-9-6-18(25)7-10-20/h2-7,9-10,19,26H,8,11-17H2,1H3. The number of amides is 1. The first-order valence-electron chi connectivity index (χ1n) is 10.9. The minimum atomic E-state index is -0.266. The van der Waals surface area contributed by atoms with E-state index in [4.69, 9.17) is 9.72 Å². The highest BCUT2D eigenvalue weighted by Gasteiger charge is 2.30. The molecule has 2 aromatic carbocycles. The average molecular weight is 425 g/mol. The summed E-state index contributed by atoms with van der Waals surface area (Å²) in [5.74, 6) is 1.65. The predicted octanol–water partition coefficient (Wildman–Crippen LogP) is 3.30. The molecule has 7 heteroatoms. The van der Waals surface area contributed by atoms with Crippen LogP contribution in [0.15, 0.2) is 48.5 Å². The smallest absolute Gasteiger partial charge is 0.222 e. The van der Waals surface area contributed by atoms with Gasteiger partial charge in [0.25, 0.3) is 0 Å². The van der Waals surface area contributed by atoms with E-state index >= 15 is 0 Å². The number of likely N-dealkylation sites (tertiary alicyclic amines) is 1. The predicted molar refractivity (Wildman–Crippen MR) is 119 cm³/mol. The highest BCUT2D eigenvalue weighted by molar-refractivity contribution is 5.79. The van der Waals surface area contributed by atoms with E-state index in [-0.39, 0.29) is 17.8 Å². The SMILES string of the molecule is Cn1c(CCN2C(=O)CCC2CCNCCOc2ccc(F)cc2)nc2ccccc21. The van der Waals surface area contributed by atoms with Gasteiger partial charge in [0, 0.05) is 39.0 Å². The monoisotopic (exact) mass is 424 g/mol. The Kier molecular flexibility index (Phi) is 6.82. The van der Waals surface area contributed by atoms with Gasteiger partial charge < -0.3 is 19.5 Å². The number of imidazole rings is 1. The van der Waals surface area contributed by atoms with Gasteiger partial charge in [0.05, 0.1) is 11.0 Å². The molecule has 0 saturated carbocycles. The Hall–Kier alpha value is -2.93. The largest absolute Gasteiger partial charge is 0.492 e. The maximum absolute atomic E-state index is 12.9. The summed E-state index contributed by atoms with van der Waals surface area (Å²) >= 11 is 0. The number of carbonyl (C=O) groups excluding carboxylic acids is 1. The Morgan fingerprint density at radius 3 is 2.77 bits per heavy atom. The third-order valence-electron chi connectivity index (χ3n) is 5.92. The molecule has 1 aromatic heterocycles. The molecular weight excluding hydrogens is 395 g/mol. The molecule has 0 radical (unpaired) electrons. The molecule has 0 bridgehead atoms. The van der Waals surface area contributed by atoms with Crippen molar-refractivity contribution in [3.05, 3.63) is 60.2 Å². The molecule has 3 aromatic rings. The summed E-state index contributed by atoms with van der Waals surface area (Å²) in [6.45, 7) is 2.76. The van der Waals surface area contributed by atoms with Gasteiger partial charge in [0.15, 0.2) is 0 Å². The summed E-state index contributed by atoms with van der Waals surface area (Å²) in [6, 6.07) is 14.4. The number of aryl methyl sites for hydroxylation is 1. The number of nitrogens with one attached hydrogen (secondary N) is 1. The normalized spacial score (nSPS) is 16.4. The number of fused-ring (bicyclic) bond motifs is 1. The van der Waals surface area contributed by atoms with E-state index in [1.165, 1.54) is 12.1 Å². The van der Waals surface area contributed by atoms with Crippen molar-refractivity contribution >= 4 is 16.9 Å². The van der Waals surface area contributed by atoms with Gasteiger partial charge in [-0.25, -0.2) is 9.37 Å². The molecule has 0 spiro atoms. The summed E-state index contributed by atoms with van der Waals surface area (Å²) < 4.78 is 20.6. The van der Waals surface area contributed by atoms with Crippen LogP contribution in [-0.4, -0.2) is 52.6 Å². The van der Waals surface area contributed by atoms with Gasteiger partial charge in [0.2, 0.25) is 5.91 Å². The summed E-state index contributed by atoms with van der Waals surface area (Å²) in [6.07, 6.45) is 3.22. The number of rotatable bonds is 10. The molecule has 1 aliphatic heterocycles. The fraction of sp³-hybridized carbons (Fsp3) is 0.417. The molecule has 164 valence electrons. The fourth-order valence-electron chi connectivity index (χ4n) is 4.21. The molecule has 1 unspecified atom stereocenters. The molecule has 0 aliphatic carbocycles. The summed E-state index contributed by atoms with van der Waals surface area (Å²) in [5.41, 5.74) is 2.12. The molecule has 4 rings (SSSR count). The number of ether oxygens (including phenoxy) is 1. The zero-order valence-electron chi connectivity index (χ0n) is 17.9. The first-order valence-corrected chi connectivity index (χ1v) is 10.9. The van der Waals surface area contributed by atoms with Crippen molar-refractivity contribution in [2.24, 2.45) is 7.05 Å². The minimum Gasteiger partial charge on any atom is -0.492 e. The molecule has 6 nitrogen and oxygen atoms in total. The first kappa shape index (κ1) is 21.3. The second-order valence-electron chi connectivity index (χ2n) is 7.95. The topological polar surface area (TPSA) is 59.4 Å². The van der Waals surface area contributed by atoms with Gasteiger partial charge in [-0.15, -0.1) is 0 Å². The lowest BCUT2D eigenvalue weighted by Gasteiger charge is -2.25. The maximum Gasteiger partial charge on any atom is 0.222 e. The summed E-state index contributed by atoms with van der Waals surface area (Å²) in [7, 11) is 2.03. The van der Waals surface area contributed by atoms with Crippen LogP contribution in [0.25, 0.3) is 11.0 Å².